The van der Waals surface area contributed by atoms with Crippen LogP contribution in [0.1, 0.15) is 25.7 Å². The number of aldehydes is 1. The van der Waals surface area contributed by atoms with Gasteiger partial charge in [-0.1, -0.05) is 12.5 Å². The molecule has 2 amide bonds. The Balaban J connectivity index is 1.95. The van der Waals surface area contributed by atoms with Crippen LogP contribution < -0.4 is 5.32 Å². The molecule has 5 nitrogen and oxygen atoms in total. The van der Waals surface area contributed by atoms with Gasteiger partial charge in [-0.3, -0.25) is 9.59 Å². The van der Waals surface area contributed by atoms with Crippen molar-refractivity contribution in [2.75, 3.05) is 19.6 Å². The largest absolute Gasteiger partial charge is 0.349 e. The second kappa shape index (κ2) is 7.60. The van der Waals surface area contributed by atoms with Crippen LogP contribution in [-0.2, 0) is 14.4 Å². The molecule has 0 aliphatic carbocycles. The minimum atomic E-state index is -0.0870. The molecule has 0 aromatic rings. The summed E-state index contributed by atoms with van der Waals surface area (Å²) in [5, 5.41) is 2.49. The van der Waals surface area contributed by atoms with E-state index in [2.05, 4.69) is 5.32 Å². The maximum atomic E-state index is 11.2. The van der Waals surface area contributed by atoms with E-state index in [-0.39, 0.29) is 18.4 Å². The van der Waals surface area contributed by atoms with E-state index >= 15 is 0 Å². The van der Waals surface area contributed by atoms with Crippen LogP contribution in [0.5, 0.6) is 0 Å². The number of hydrogen-bond acceptors (Lipinski definition) is 3. The second-order valence-corrected chi connectivity index (χ2v) is 3.97. The smallest absolute Gasteiger partial charge is 0.246 e. The molecule has 0 aromatic heterocycles. The molecule has 1 N–H and O–H groups in total. The van der Waals surface area contributed by atoms with E-state index in [0.29, 0.717) is 19.3 Å². The van der Waals surface area contributed by atoms with Crippen molar-refractivity contribution in [1.29, 1.82) is 0 Å². The molecule has 0 atom stereocenters. The molecular weight excluding hydrogens is 220 g/mol. The molecule has 94 valence electrons. The molecular formula is C12H18N2O3. The molecule has 1 heterocycles. The molecule has 0 unspecified atom stereocenters. The molecule has 0 spiro atoms. The number of hydrogen-bond donors (Lipinski definition) is 1. The van der Waals surface area contributed by atoms with E-state index in [1.54, 1.807) is 11.0 Å². The average Bonchev–Trinajstić information content (AvgIpc) is 2.72. The van der Waals surface area contributed by atoms with Crippen molar-refractivity contribution >= 4 is 18.1 Å². The monoisotopic (exact) mass is 238 g/mol. The zero-order valence-corrected chi connectivity index (χ0v) is 9.85. The van der Waals surface area contributed by atoms with Crippen LogP contribution in [0, 0.1) is 0 Å². The normalized spacial score (nSPS) is 14.1. The van der Waals surface area contributed by atoms with Gasteiger partial charge >= 0.3 is 0 Å². The van der Waals surface area contributed by atoms with Crippen LogP contribution in [0.3, 0.4) is 0 Å². The molecule has 0 fully saturated rings. The highest BCUT2D eigenvalue weighted by molar-refractivity contribution is 5.89. The van der Waals surface area contributed by atoms with Gasteiger partial charge in [0.15, 0.2) is 0 Å². The van der Waals surface area contributed by atoms with E-state index in [4.69, 9.17) is 0 Å². The second-order valence-electron chi connectivity index (χ2n) is 3.97. The lowest BCUT2D eigenvalue weighted by molar-refractivity contribution is -0.124. The Morgan fingerprint density at radius 3 is 2.88 bits per heavy atom. The molecule has 1 rings (SSSR count). The van der Waals surface area contributed by atoms with E-state index < -0.39 is 0 Å². The lowest BCUT2D eigenvalue weighted by Crippen LogP contribution is -2.26. The Labute approximate surface area is 101 Å². The van der Waals surface area contributed by atoms with Crippen LogP contribution in [0.2, 0.25) is 0 Å². The van der Waals surface area contributed by atoms with Gasteiger partial charge in [0, 0.05) is 25.6 Å². The lowest BCUT2D eigenvalue weighted by atomic mass is 10.2. The summed E-state index contributed by atoms with van der Waals surface area (Å²) < 4.78 is 0. The molecule has 0 radical (unpaired) electrons. The van der Waals surface area contributed by atoms with Crippen LogP contribution in [0.15, 0.2) is 12.2 Å². The van der Waals surface area contributed by atoms with E-state index in [1.165, 1.54) is 0 Å². The molecule has 5 heteroatoms. The Hall–Kier alpha value is -1.65. The van der Waals surface area contributed by atoms with Gasteiger partial charge in [-0.05, 0) is 12.8 Å². The molecule has 1 aliphatic heterocycles. The standard InChI is InChI=1S/C12H18N2O3/c15-10-7-13-11(16)5-2-1-3-8-14-9-4-6-12(14)17/h4,6,10H,1-3,5,7-9H2,(H,13,16). The third kappa shape index (κ3) is 5.29. The summed E-state index contributed by atoms with van der Waals surface area (Å²) in [6.07, 6.45) is 7.18. The van der Waals surface area contributed by atoms with E-state index in [1.807, 2.05) is 6.08 Å². The quantitative estimate of drug-likeness (QED) is 0.487. The van der Waals surface area contributed by atoms with Gasteiger partial charge < -0.3 is 15.0 Å². The summed E-state index contributed by atoms with van der Waals surface area (Å²) >= 11 is 0. The predicted molar refractivity (Wildman–Crippen MR) is 63.3 cm³/mol. The maximum absolute atomic E-state index is 11.2. The van der Waals surface area contributed by atoms with Crippen molar-refractivity contribution in [1.82, 2.24) is 10.2 Å². The first-order valence-electron chi connectivity index (χ1n) is 5.90. The Bertz CT molecular complexity index is 313. The molecule has 17 heavy (non-hydrogen) atoms. The highest BCUT2D eigenvalue weighted by atomic mass is 16.2. The van der Waals surface area contributed by atoms with Gasteiger partial charge in [0.25, 0.3) is 0 Å². The third-order valence-corrected chi connectivity index (χ3v) is 2.61. The summed E-state index contributed by atoms with van der Waals surface area (Å²) in [7, 11) is 0. The van der Waals surface area contributed by atoms with Crippen LogP contribution in [-0.4, -0.2) is 42.6 Å². The number of amides is 2. The van der Waals surface area contributed by atoms with Crippen molar-refractivity contribution in [3.63, 3.8) is 0 Å². The van der Waals surface area contributed by atoms with Crippen LogP contribution in [0.25, 0.3) is 0 Å². The topological polar surface area (TPSA) is 66.5 Å². The number of rotatable bonds is 8. The van der Waals surface area contributed by atoms with Crippen molar-refractivity contribution in [2.45, 2.75) is 25.7 Å². The summed E-state index contributed by atoms with van der Waals surface area (Å²) in [5.74, 6) is -0.00950. The number of nitrogens with one attached hydrogen (secondary N) is 1. The van der Waals surface area contributed by atoms with Crippen molar-refractivity contribution in [2.24, 2.45) is 0 Å². The summed E-state index contributed by atoms with van der Waals surface area (Å²) in [6, 6.07) is 0. The van der Waals surface area contributed by atoms with Gasteiger partial charge in [0.2, 0.25) is 11.8 Å². The highest BCUT2D eigenvalue weighted by Crippen LogP contribution is 2.06. The van der Waals surface area contributed by atoms with Crippen LogP contribution >= 0.6 is 0 Å². The van der Waals surface area contributed by atoms with Gasteiger partial charge in [-0.2, -0.15) is 0 Å². The third-order valence-electron chi connectivity index (χ3n) is 2.61. The molecule has 1 aliphatic rings. The average molecular weight is 238 g/mol. The fourth-order valence-corrected chi connectivity index (χ4v) is 1.69. The minimum Gasteiger partial charge on any atom is -0.349 e. The summed E-state index contributed by atoms with van der Waals surface area (Å²) in [5.41, 5.74) is 0. The molecule has 0 aromatic carbocycles. The van der Waals surface area contributed by atoms with Crippen molar-refractivity contribution < 1.29 is 14.4 Å². The van der Waals surface area contributed by atoms with Gasteiger partial charge in [0.05, 0.1) is 6.54 Å². The zero-order chi connectivity index (χ0) is 12.5. The predicted octanol–water partition coefficient (Wildman–Crippen LogP) is 0.260. The van der Waals surface area contributed by atoms with Crippen LogP contribution in [0.4, 0.5) is 0 Å². The Kier molecular flexibility index (Phi) is 5.99. The Morgan fingerprint density at radius 2 is 2.24 bits per heavy atom. The summed E-state index contributed by atoms with van der Waals surface area (Å²) in [4.78, 5) is 34.1. The molecule has 0 saturated heterocycles. The van der Waals surface area contributed by atoms with Gasteiger partial charge in [-0.25, -0.2) is 0 Å². The first kappa shape index (κ1) is 13.4. The zero-order valence-electron chi connectivity index (χ0n) is 9.85. The minimum absolute atomic E-state index is 0.0775. The first-order valence-corrected chi connectivity index (χ1v) is 5.90. The molecule has 0 saturated carbocycles. The number of carbonyl (C=O) groups is 3. The van der Waals surface area contributed by atoms with Crippen molar-refractivity contribution in [3.05, 3.63) is 12.2 Å². The fraction of sp³-hybridized carbons (Fsp3) is 0.583. The maximum Gasteiger partial charge on any atom is 0.246 e. The van der Waals surface area contributed by atoms with Gasteiger partial charge in [-0.15, -0.1) is 0 Å². The number of carbonyl (C=O) groups excluding carboxylic acids is 3. The molecule has 0 bridgehead atoms. The van der Waals surface area contributed by atoms with E-state index in [0.717, 1.165) is 25.8 Å². The van der Waals surface area contributed by atoms with Crippen molar-refractivity contribution in [3.8, 4) is 0 Å². The Morgan fingerprint density at radius 1 is 1.41 bits per heavy atom. The fourth-order valence-electron chi connectivity index (χ4n) is 1.69. The summed E-state index contributed by atoms with van der Waals surface area (Å²) in [6.45, 7) is 1.55. The first-order chi connectivity index (χ1) is 8.24. The number of nitrogens with zero attached hydrogens (tertiary/aromatic N) is 1. The SMILES string of the molecule is O=CCNC(=O)CCCCCN1CC=CC1=O. The highest BCUT2D eigenvalue weighted by Gasteiger charge is 2.13. The lowest BCUT2D eigenvalue weighted by Gasteiger charge is -2.14. The van der Waals surface area contributed by atoms with E-state index in [9.17, 15) is 14.4 Å². The number of unbranched alkanes of at least 4 members (excludes halogenated alkanes) is 2. The van der Waals surface area contributed by atoms with Gasteiger partial charge in [0.1, 0.15) is 6.29 Å².